The molecule has 0 aliphatic heterocycles. The van der Waals surface area contributed by atoms with Crippen LogP contribution in [0.5, 0.6) is 0 Å². The van der Waals surface area contributed by atoms with E-state index < -0.39 is 6.10 Å². The average Bonchev–Trinajstić information content (AvgIpc) is 2.16. The smallest absolute Gasteiger partial charge is 0.114 e. The number of aliphatic hydroxyl groups excluding tert-OH is 1. The van der Waals surface area contributed by atoms with Gasteiger partial charge in [0, 0.05) is 0 Å². The molecule has 0 radical (unpaired) electrons. The molecule has 0 aromatic heterocycles. The van der Waals surface area contributed by atoms with Crippen LogP contribution in [0.3, 0.4) is 0 Å². The van der Waals surface area contributed by atoms with Crippen LogP contribution in [-0.2, 0) is 0 Å². The van der Waals surface area contributed by atoms with E-state index in [2.05, 4.69) is 6.58 Å². The first-order valence-electron chi connectivity index (χ1n) is 3.99. The third-order valence-corrected chi connectivity index (χ3v) is 1.96. The Kier molecular flexibility index (Phi) is 2.84. The molecule has 0 fully saturated rings. The standard InChI is InChI=1S/C11H11NO/c1-8-5-3-4-6-10(8)11(13)9(2)7-12/h3-6,11,13H,2H2,1H3. The van der Waals surface area contributed by atoms with Gasteiger partial charge >= 0.3 is 0 Å². The molecule has 2 nitrogen and oxygen atoms in total. The van der Waals surface area contributed by atoms with Gasteiger partial charge in [-0.05, 0) is 18.1 Å². The maximum Gasteiger partial charge on any atom is 0.114 e. The Labute approximate surface area is 77.8 Å². The molecular formula is C11H11NO. The normalized spacial score (nSPS) is 11.8. The molecule has 1 aromatic carbocycles. The predicted octanol–water partition coefficient (Wildman–Crippen LogP) is 2.11. The molecule has 0 amide bonds. The summed E-state index contributed by atoms with van der Waals surface area (Å²) in [6, 6.07) is 9.25. The van der Waals surface area contributed by atoms with Gasteiger partial charge in [-0.15, -0.1) is 0 Å². The van der Waals surface area contributed by atoms with Crippen molar-refractivity contribution < 1.29 is 5.11 Å². The molecule has 0 saturated heterocycles. The number of aryl methyl sites for hydroxylation is 1. The van der Waals surface area contributed by atoms with E-state index in [1.807, 2.05) is 31.2 Å². The summed E-state index contributed by atoms with van der Waals surface area (Å²) < 4.78 is 0. The van der Waals surface area contributed by atoms with E-state index in [1.54, 1.807) is 6.07 Å². The van der Waals surface area contributed by atoms with Gasteiger partial charge in [0.2, 0.25) is 0 Å². The molecule has 0 spiro atoms. The highest BCUT2D eigenvalue weighted by molar-refractivity contribution is 5.36. The van der Waals surface area contributed by atoms with Crippen molar-refractivity contribution >= 4 is 0 Å². The summed E-state index contributed by atoms with van der Waals surface area (Å²) in [7, 11) is 0. The molecule has 66 valence electrons. The van der Waals surface area contributed by atoms with E-state index in [4.69, 9.17) is 5.26 Å². The SMILES string of the molecule is C=C(C#N)C(O)c1ccccc1C. The summed E-state index contributed by atoms with van der Waals surface area (Å²) in [5.41, 5.74) is 1.88. The van der Waals surface area contributed by atoms with E-state index in [1.165, 1.54) is 0 Å². The lowest BCUT2D eigenvalue weighted by molar-refractivity contribution is 0.220. The summed E-state index contributed by atoms with van der Waals surface area (Å²) >= 11 is 0. The monoisotopic (exact) mass is 173 g/mol. The summed E-state index contributed by atoms with van der Waals surface area (Å²) in [4.78, 5) is 0. The molecule has 0 saturated carbocycles. The Balaban J connectivity index is 3.03. The van der Waals surface area contributed by atoms with Crippen molar-refractivity contribution in [1.29, 1.82) is 5.26 Å². The minimum Gasteiger partial charge on any atom is -0.383 e. The van der Waals surface area contributed by atoms with Gasteiger partial charge < -0.3 is 5.11 Å². The minimum atomic E-state index is -0.869. The van der Waals surface area contributed by atoms with Crippen LogP contribution in [0.15, 0.2) is 36.4 Å². The molecule has 1 unspecified atom stereocenters. The topological polar surface area (TPSA) is 44.0 Å². The summed E-state index contributed by atoms with van der Waals surface area (Å²) in [6.45, 7) is 5.37. The zero-order valence-corrected chi connectivity index (χ0v) is 7.49. The number of nitrogens with zero attached hydrogens (tertiary/aromatic N) is 1. The van der Waals surface area contributed by atoms with E-state index >= 15 is 0 Å². The van der Waals surface area contributed by atoms with E-state index in [9.17, 15) is 5.11 Å². The Morgan fingerprint density at radius 1 is 1.54 bits per heavy atom. The van der Waals surface area contributed by atoms with Crippen LogP contribution < -0.4 is 0 Å². The van der Waals surface area contributed by atoms with Crippen LogP contribution in [0.1, 0.15) is 17.2 Å². The van der Waals surface area contributed by atoms with E-state index in [0.29, 0.717) is 0 Å². The number of hydrogen-bond acceptors (Lipinski definition) is 2. The molecule has 0 bridgehead atoms. The fourth-order valence-electron chi connectivity index (χ4n) is 1.14. The largest absolute Gasteiger partial charge is 0.383 e. The second-order valence-corrected chi connectivity index (χ2v) is 2.90. The zero-order valence-electron chi connectivity index (χ0n) is 7.49. The highest BCUT2D eigenvalue weighted by Crippen LogP contribution is 2.22. The molecule has 2 heteroatoms. The molecule has 0 aliphatic rings. The van der Waals surface area contributed by atoms with Crippen LogP contribution in [0.2, 0.25) is 0 Å². The molecule has 1 aromatic rings. The summed E-state index contributed by atoms with van der Waals surface area (Å²) in [5.74, 6) is 0. The van der Waals surface area contributed by atoms with Crippen LogP contribution in [0, 0.1) is 18.3 Å². The lowest BCUT2D eigenvalue weighted by Crippen LogP contribution is -2.00. The van der Waals surface area contributed by atoms with Crippen molar-refractivity contribution in [3.63, 3.8) is 0 Å². The molecule has 0 aliphatic carbocycles. The lowest BCUT2D eigenvalue weighted by Gasteiger charge is -2.11. The van der Waals surface area contributed by atoms with Gasteiger partial charge in [-0.25, -0.2) is 0 Å². The number of aliphatic hydroxyl groups is 1. The first-order chi connectivity index (χ1) is 6.16. The van der Waals surface area contributed by atoms with Crippen LogP contribution in [0.4, 0.5) is 0 Å². The summed E-state index contributed by atoms with van der Waals surface area (Å²) in [5, 5.41) is 18.2. The maximum atomic E-state index is 9.65. The second kappa shape index (κ2) is 3.88. The number of nitriles is 1. The highest BCUT2D eigenvalue weighted by atomic mass is 16.3. The van der Waals surface area contributed by atoms with Crippen LogP contribution >= 0.6 is 0 Å². The van der Waals surface area contributed by atoms with Gasteiger partial charge in [0.05, 0.1) is 11.6 Å². The van der Waals surface area contributed by atoms with Crippen molar-refractivity contribution in [2.75, 3.05) is 0 Å². The Hall–Kier alpha value is -1.59. The highest BCUT2D eigenvalue weighted by Gasteiger charge is 2.12. The summed E-state index contributed by atoms with van der Waals surface area (Å²) in [6.07, 6.45) is -0.869. The lowest BCUT2D eigenvalue weighted by atomic mass is 9.99. The Bertz CT molecular complexity index is 363. The Morgan fingerprint density at radius 3 is 2.69 bits per heavy atom. The number of rotatable bonds is 2. The molecule has 1 rings (SSSR count). The molecule has 1 atom stereocenters. The maximum absolute atomic E-state index is 9.65. The van der Waals surface area contributed by atoms with Crippen LogP contribution in [-0.4, -0.2) is 5.11 Å². The van der Waals surface area contributed by atoms with Crippen molar-refractivity contribution in [2.24, 2.45) is 0 Å². The van der Waals surface area contributed by atoms with Gasteiger partial charge in [0.15, 0.2) is 0 Å². The molecule has 1 N–H and O–H groups in total. The van der Waals surface area contributed by atoms with Gasteiger partial charge in [-0.3, -0.25) is 0 Å². The molecular weight excluding hydrogens is 162 g/mol. The van der Waals surface area contributed by atoms with E-state index in [0.717, 1.165) is 11.1 Å². The quantitative estimate of drug-likeness (QED) is 0.696. The van der Waals surface area contributed by atoms with Crippen LogP contribution in [0.25, 0.3) is 0 Å². The fraction of sp³-hybridized carbons (Fsp3) is 0.182. The van der Waals surface area contributed by atoms with Gasteiger partial charge in [-0.1, -0.05) is 30.8 Å². The average molecular weight is 173 g/mol. The first kappa shape index (κ1) is 9.50. The first-order valence-corrected chi connectivity index (χ1v) is 3.99. The predicted molar refractivity (Wildman–Crippen MR) is 50.9 cm³/mol. The number of benzene rings is 1. The van der Waals surface area contributed by atoms with Crippen molar-refractivity contribution in [3.05, 3.63) is 47.5 Å². The minimum absolute atomic E-state index is 0.175. The third kappa shape index (κ3) is 1.95. The zero-order chi connectivity index (χ0) is 9.84. The third-order valence-electron chi connectivity index (χ3n) is 1.96. The van der Waals surface area contributed by atoms with Gasteiger partial charge in [0.25, 0.3) is 0 Å². The van der Waals surface area contributed by atoms with E-state index in [-0.39, 0.29) is 5.57 Å². The molecule has 13 heavy (non-hydrogen) atoms. The van der Waals surface area contributed by atoms with Crippen molar-refractivity contribution in [2.45, 2.75) is 13.0 Å². The molecule has 0 heterocycles. The van der Waals surface area contributed by atoms with Crippen molar-refractivity contribution in [3.8, 4) is 6.07 Å². The van der Waals surface area contributed by atoms with Gasteiger partial charge in [0.1, 0.15) is 6.10 Å². The van der Waals surface area contributed by atoms with Gasteiger partial charge in [-0.2, -0.15) is 5.26 Å². The fourth-order valence-corrected chi connectivity index (χ4v) is 1.14. The second-order valence-electron chi connectivity index (χ2n) is 2.90. The van der Waals surface area contributed by atoms with Crippen molar-refractivity contribution in [1.82, 2.24) is 0 Å². The number of hydrogen-bond donors (Lipinski definition) is 1. The Morgan fingerprint density at radius 2 is 2.15 bits per heavy atom.